The molecule has 112 valence electrons. The van der Waals surface area contributed by atoms with Gasteiger partial charge in [0.2, 0.25) is 0 Å². The monoisotopic (exact) mass is 312 g/mol. The summed E-state index contributed by atoms with van der Waals surface area (Å²) >= 11 is 0. The van der Waals surface area contributed by atoms with Crippen LogP contribution >= 0.6 is 0 Å². The van der Waals surface area contributed by atoms with Gasteiger partial charge in [-0.1, -0.05) is 0 Å². The standard InChI is InChI=1S/C12H13FN4O3S/c1-20-8-2-4-10(13)11(6-8)17-21(18,19)9-3-5-12(16-14)15-7-9/h2-7,17H,14H2,1H3,(H,15,16). The zero-order valence-corrected chi connectivity index (χ0v) is 11.8. The molecule has 0 atom stereocenters. The molecule has 4 N–H and O–H groups in total. The number of ether oxygens (including phenoxy) is 1. The van der Waals surface area contributed by atoms with Crippen LogP contribution in [0.2, 0.25) is 0 Å². The van der Waals surface area contributed by atoms with Gasteiger partial charge >= 0.3 is 0 Å². The van der Waals surface area contributed by atoms with Gasteiger partial charge in [0.15, 0.2) is 0 Å². The Morgan fingerprint density at radius 1 is 1.29 bits per heavy atom. The lowest BCUT2D eigenvalue weighted by molar-refractivity contribution is 0.414. The Kier molecular flexibility index (Phi) is 4.24. The number of pyridine rings is 1. The van der Waals surface area contributed by atoms with Crippen molar-refractivity contribution in [1.29, 1.82) is 0 Å². The summed E-state index contributed by atoms with van der Waals surface area (Å²) < 4.78 is 45.0. The number of methoxy groups -OCH3 is 1. The predicted octanol–water partition coefficient (Wildman–Crippen LogP) is 1.32. The van der Waals surface area contributed by atoms with E-state index < -0.39 is 15.8 Å². The first kappa shape index (κ1) is 15.0. The Morgan fingerprint density at radius 3 is 2.62 bits per heavy atom. The van der Waals surface area contributed by atoms with Crippen LogP contribution < -0.4 is 20.7 Å². The quantitative estimate of drug-likeness (QED) is 0.568. The van der Waals surface area contributed by atoms with E-state index in [1.807, 2.05) is 0 Å². The molecule has 2 aromatic rings. The van der Waals surface area contributed by atoms with E-state index in [2.05, 4.69) is 15.1 Å². The van der Waals surface area contributed by atoms with Crippen molar-refractivity contribution >= 4 is 21.5 Å². The number of anilines is 2. The number of hydrogen-bond acceptors (Lipinski definition) is 6. The first-order valence-electron chi connectivity index (χ1n) is 5.75. The van der Waals surface area contributed by atoms with Crippen molar-refractivity contribution in [2.45, 2.75) is 4.90 Å². The number of hydrazine groups is 1. The van der Waals surface area contributed by atoms with E-state index in [0.29, 0.717) is 11.6 Å². The van der Waals surface area contributed by atoms with Gasteiger partial charge in [-0.25, -0.2) is 23.6 Å². The number of sulfonamides is 1. The highest BCUT2D eigenvalue weighted by atomic mass is 32.2. The number of aromatic nitrogens is 1. The van der Waals surface area contributed by atoms with Gasteiger partial charge in [0, 0.05) is 12.3 Å². The minimum Gasteiger partial charge on any atom is -0.497 e. The number of rotatable bonds is 5. The predicted molar refractivity (Wildman–Crippen MR) is 75.8 cm³/mol. The van der Waals surface area contributed by atoms with Crippen molar-refractivity contribution in [2.75, 3.05) is 17.3 Å². The second kappa shape index (κ2) is 5.94. The maximum absolute atomic E-state index is 13.6. The maximum atomic E-state index is 13.6. The van der Waals surface area contributed by atoms with Crippen molar-refractivity contribution in [2.24, 2.45) is 5.84 Å². The number of nitrogens with one attached hydrogen (secondary N) is 2. The number of nitrogens with two attached hydrogens (primary N) is 1. The molecule has 21 heavy (non-hydrogen) atoms. The zero-order valence-electron chi connectivity index (χ0n) is 11.0. The molecule has 1 heterocycles. The van der Waals surface area contributed by atoms with E-state index in [-0.39, 0.29) is 10.6 Å². The van der Waals surface area contributed by atoms with Crippen molar-refractivity contribution in [1.82, 2.24) is 4.98 Å². The summed E-state index contributed by atoms with van der Waals surface area (Å²) in [7, 11) is -2.57. The zero-order chi connectivity index (χ0) is 15.5. The fraction of sp³-hybridized carbons (Fsp3) is 0.0833. The fourth-order valence-electron chi connectivity index (χ4n) is 1.54. The highest BCUT2D eigenvalue weighted by Gasteiger charge is 2.17. The molecule has 0 saturated carbocycles. The molecule has 9 heteroatoms. The number of hydrogen-bond donors (Lipinski definition) is 3. The van der Waals surface area contributed by atoms with E-state index in [0.717, 1.165) is 12.3 Å². The summed E-state index contributed by atoms with van der Waals surface area (Å²) in [5.41, 5.74) is 2.06. The molecule has 0 aliphatic carbocycles. The first-order chi connectivity index (χ1) is 9.96. The van der Waals surface area contributed by atoms with Crippen molar-refractivity contribution in [3.63, 3.8) is 0 Å². The molecule has 0 saturated heterocycles. The molecule has 0 bridgehead atoms. The third-order valence-corrected chi connectivity index (χ3v) is 3.96. The van der Waals surface area contributed by atoms with E-state index >= 15 is 0 Å². The molecule has 7 nitrogen and oxygen atoms in total. The molecule has 1 aromatic heterocycles. The summed E-state index contributed by atoms with van der Waals surface area (Å²) in [6.07, 6.45) is 1.11. The van der Waals surface area contributed by atoms with Crippen LogP contribution in [-0.4, -0.2) is 20.5 Å². The molecule has 0 unspecified atom stereocenters. The van der Waals surface area contributed by atoms with Crippen LogP contribution in [0.25, 0.3) is 0 Å². The lowest BCUT2D eigenvalue weighted by Crippen LogP contribution is -2.15. The van der Waals surface area contributed by atoms with Gasteiger partial charge in [-0.3, -0.25) is 4.72 Å². The molecule has 0 spiro atoms. The number of nitrogen functional groups attached to an aromatic ring is 1. The van der Waals surface area contributed by atoms with Gasteiger partial charge in [0.1, 0.15) is 22.3 Å². The van der Waals surface area contributed by atoms with E-state index in [1.54, 1.807) is 0 Å². The van der Waals surface area contributed by atoms with Gasteiger partial charge in [0.05, 0.1) is 12.8 Å². The van der Waals surface area contributed by atoms with Crippen LogP contribution in [0.15, 0.2) is 41.4 Å². The molecule has 2 rings (SSSR count). The molecule has 0 amide bonds. The van der Waals surface area contributed by atoms with Gasteiger partial charge < -0.3 is 10.2 Å². The van der Waals surface area contributed by atoms with Gasteiger partial charge in [-0.05, 0) is 24.3 Å². The second-order valence-corrected chi connectivity index (χ2v) is 5.66. The molecular formula is C12H13FN4O3S. The number of nitrogens with zero attached hydrogens (tertiary/aromatic N) is 1. The highest BCUT2D eigenvalue weighted by Crippen LogP contribution is 2.24. The average Bonchev–Trinajstić information content (AvgIpc) is 2.49. The third kappa shape index (κ3) is 3.38. The Bertz CT molecular complexity index is 735. The SMILES string of the molecule is COc1ccc(F)c(NS(=O)(=O)c2ccc(NN)nc2)c1. The van der Waals surface area contributed by atoms with Crippen LogP contribution in [0.1, 0.15) is 0 Å². The number of benzene rings is 1. The lowest BCUT2D eigenvalue weighted by Gasteiger charge is -2.10. The van der Waals surface area contributed by atoms with Crippen LogP contribution in [0, 0.1) is 5.82 Å². The van der Waals surface area contributed by atoms with Crippen LogP contribution in [0.4, 0.5) is 15.9 Å². The second-order valence-electron chi connectivity index (χ2n) is 3.97. The molecule has 0 aliphatic rings. The van der Waals surface area contributed by atoms with Crippen LogP contribution in [-0.2, 0) is 10.0 Å². The maximum Gasteiger partial charge on any atom is 0.263 e. The Labute approximate surface area is 121 Å². The fourth-order valence-corrected chi connectivity index (χ4v) is 2.54. The average molecular weight is 312 g/mol. The molecular weight excluding hydrogens is 299 g/mol. The van der Waals surface area contributed by atoms with Crippen LogP contribution in [0.3, 0.4) is 0 Å². The van der Waals surface area contributed by atoms with Crippen molar-refractivity contribution < 1.29 is 17.5 Å². The van der Waals surface area contributed by atoms with Crippen LogP contribution in [0.5, 0.6) is 5.75 Å². The van der Waals surface area contributed by atoms with E-state index in [1.165, 1.54) is 31.4 Å². The minimum atomic E-state index is -3.96. The summed E-state index contributed by atoms with van der Waals surface area (Å²) in [6, 6.07) is 6.42. The largest absolute Gasteiger partial charge is 0.497 e. The van der Waals surface area contributed by atoms with Gasteiger partial charge in [-0.2, -0.15) is 0 Å². The topological polar surface area (TPSA) is 106 Å². The Hall–Kier alpha value is -2.39. The summed E-state index contributed by atoms with van der Waals surface area (Å²) in [5.74, 6) is 5.06. The van der Waals surface area contributed by atoms with Gasteiger partial charge in [-0.15, -0.1) is 0 Å². The van der Waals surface area contributed by atoms with Crippen molar-refractivity contribution in [3.05, 3.63) is 42.3 Å². The first-order valence-corrected chi connectivity index (χ1v) is 7.23. The lowest BCUT2D eigenvalue weighted by atomic mass is 10.3. The molecule has 1 aromatic carbocycles. The molecule has 0 radical (unpaired) electrons. The smallest absolute Gasteiger partial charge is 0.263 e. The Morgan fingerprint density at radius 2 is 2.05 bits per heavy atom. The molecule has 0 fully saturated rings. The Balaban J connectivity index is 2.32. The van der Waals surface area contributed by atoms with E-state index in [9.17, 15) is 12.8 Å². The normalized spacial score (nSPS) is 11.0. The van der Waals surface area contributed by atoms with Gasteiger partial charge in [0.25, 0.3) is 10.0 Å². The van der Waals surface area contributed by atoms with Crippen molar-refractivity contribution in [3.8, 4) is 5.75 Å². The summed E-state index contributed by atoms with van der Waals surface area (Å²) in [5, 5.41) is 0. The number of halogens is 1. The minimum absolute atomic E-state index is 0.122. The summed E-state index contributed by atoms with van der Waals surface area (Å²) in [6.45, 7) is 0. The summed E-state index contributed by atoms with van der Waals surface area (Å²) in [4.78, 5) is 3.67. The van der Waals surface area contributed by atoms with E-state index in [4.69, 9.17) is 10.6 Å². The highest BCUT2D eigenvalue weighted by molar-refractivity contribution is 7.92. The third-order valence-electron chi connectivity index (χ3n) is 2.61. The molecule has 0 aliphatic heterocycles.